The Hall–Kier alpha value is -2.63. The summed E-state index contributed by atoms with van der Waals surface area (Å²) in [6.45, 7) is 6.34. The normalized spacial score (nSPS) is 10.6. The fraction of sp³-hybridized carbons (Fsp3) is 0.353. The largest absolute Gasteiger partial charge is 0.466 e. The van der Waals surface area contributed by atoms with E-state index in [1.165, 1.54) is 0 Å². The number of hydrogen-bond donors (Lipinski definition) is 1. The van der Waals surface area contributed by atoms with Crippen molar-refractivity contribution in [1.82, 2.24) is 9.55 Å². The summed E-state index contributed by atoms with van der Waals surface area (Å²) in [4.78, 5) is 28.7. The van der Waals surface area contributed by atoms with Crippen LogP contribution in [-0.4, -0.2) is 22.1 Å². The summed E-state index contributed by atoms with van der Waals surface area (Å²) in [6, 6.07) is 5.24. The molecule has 0 aliphatic rings. The first kappa shape index (κ1) is 16.7. The van der Waals surface area contributed by atoms with E-state index in [-0.39, 0.29) is 17.9 Å². The monoisotopic (exact) mass is 315 g/mol. The van der Waals surface area contributed by atoms with E-state index in [0.717, 1.165) is 5.69 Å². The number of nitrogens with zero attached hydrogens (tertiary/aromatic N) is 2. The molecule has 0 atom stereocenters. The molecule has 122 valence electrons. The van der Waals surface area contributed by atoms with E-state index in [0.29, 0.717) is 35.7 Å². The molecule has 2 aromatic rings. The molecule has 0 aromatic carbocycles. The number of anilines is 1. The lowest BCUT2D eigenvalue weighted by Crippen LogP contribution is -2.25. The summed E-state index contributed by atoms with van der Waals surface area (Å²) in [5, 5.41) is 0. The third-order valence-electron chi connectivity index (χ3n) is 3.63. The van der Waals surface area contributed by atoms with Crippen molar-refractivity contribution in [2.75, 3.05) is 12.3 Å². The molecule has 0 saturated heterocycles. The number of carbonyl (C=O) groups excluding carboxylic acids is 1. The highest BCUT2D eigenvalue weighted by atomic mass is 16.5. The first-order valence-corrected chi connectivity index (χ1v) is 7.59. The van der Waals surface area contributed by atoms with E-state index in [1.54, 1.807) is 35.9 Å². The molecule has 0 fully saturated rings. The lowest BCUT2D eigenvalue weighted by molar-refractivity contribution is -0.142. The van der Waals surface area contributed by atoms with Gasteiger partial charge in [0.05, 0.1) is 24.3 Å². The van der Waals surface area contributed by atoms with Gasteiger partial charge in [-0.1, -0.05) is 6.07 Å². The van der Waals surface area contributed by atoms with Crippen LogP contribution in [0.5, 0.6) is 0 Å². The van der Waals surface area contributed by atoms with Crippen LogP contribution < -0.4 is 11.3 Å². The number of nitrogen functional groups attached to an aromatic ring is 1. The van der Waals surface area contributed by atoms with Crippen LogP contribution in [-0.2, 0) is 22.5 Å². The third kappa shape index (κ3) is 3.41. The van der Waals surface area contributed by atoms with E-state index in [4.69, 9.17) is 10.5 Å². The molecular weight excluding hydrogens is 294 g/mol. The van der Waals surface area contributed by atoms with E-state index in [9.17, 15) is 9.59 Å². The summed E-state index contributed by atoms with van der Waals surface area (Å²) in [7, 11) is 0. The van der Waals surface area contributed by atoms with E-state index in [2.05, 4.69) is 4.98 Å². The Labute approximate surface area is 134 Å². The smallest absolute Gasteiger partial charge is 0.311 e. The van der Waals surface area contributed by atoms with Crippen molar-refractivity contribution in [3.63, 3.8) is 0 Å². The Morgan fingerprint density at radius 2 is 2.13 bits per heavy atom. The van der Waals surface area contributed by atoms with Crippen molar-refractivity contribution >= 4 is 11.7 Å². The second kappa shape index (κ2) is 7.09. The van der Waals surface area contributed by atoms with Crippen LogP contribution >= 0.6 is 0 Å². The molecule has 0 amide bonds. The second-order valence-electron chi connectivity index (χ2n) is 5.14. The van der Waals surface area contributed by atoms with Crippen LogP contribution in [0.25, 0.3) is 11.1 Å². The molecule has 2 rings (SSSR count). The minimum atomic E-state index is -0.381. The number of ether oxygens (including phenoxy) is 1. The van der Waals surface area contributed by atoms with E-state index in [1.807, 2.05) is 13.8 Å². The van der Waals surface area contributed by atoms with Gasteiger partial charge in [0.2, 0.25) is 0 Å². The average Bonchev–Trinajstić information content (AvgIpc) is 2.49. The minimum Gasteiger partial charge on any atom is -0.466 e. The highest BCUT2D eigenvalue weighted by Gasteiger charge is 2.18. The number of esters is 1. The minimum absolute atomic E-state index is 0.00287. The Morgan fingerprint density at radius 1 is 1.39 bits per heavy atom. The van der Waals surface area contributed by atoms with Crippen LogP contribution in [0.2, 0.25) is 0 Å². The molecule has 0 spiro atoms. The Bertz CT molecular complexity index is 781. The zero-order chi connectivity index (χ0) is 17.0. The summed E-state index contributed by atoms with van der Waals surface area (Å²) in [6.07, 6.45) is 1.59. The quantitative estimate of drug-likeness (QED) is 0.852. The van der Waals surface area contributed by atoms with E-state index >= 15 is 0 Å². The maximum atomic E-state index is 12.7. The Morgan fingerprint density at radius 3 is 2.78 bits per heavy atom. The predicted molar refractivity (Wildman–Crippen MR) is 89.1 cm³/mol. The first-order chi connectivity index (χ1) is 11.0. The van der Waals surface area contributed by atoms with Crippen molar-refractivity contribution in [1.29, 1.82) is 0 Å². The molecule has 0 saturated carbocycles. The number of carbonyl (C=O) groups is 1. The fourth-order valence-corrected chi connectivity index (χ4v) is 2.61. The SMILES string of the molecule is CCOC(=O)Cc1ncccc1-c1c(N)cc(C)n(CC)c1=O. The number of pyridine rings is 2. The number of aromatic nitrogens is 2. The number of rotatable bonds is 5. The molecule has 0 unspecified atom stereocenters. The lowest BCUT2D eigenvalue weighted by Gasteiger charge is -2.14. The standard InChI is InChI=1S/C17H21N3O3/c1-4-20-11(3)9-13(18)16(17(20)22)12-7-6-8-19-14(12)10-15(21)23-5-2/h6-9H,4-5,10,18H2,1-3H3. The maximum Gasteiger partial charge on any atom is 0.311 e. The highest BCUT2D eigenvalue weighted by molar-refractivity contribution is 5.81. The zero-order valence-corrected chi connectivity index (χ0v) is 13.6. The van der Waals surface area contributed by atoms with Gasteiger partial charge in [-0.15, -0.1) is 0 Å². The van der Waals surface area contributed by atoms with Gasteiger partial charge in [0.25, 0.3) is 5.56 Å². The summed E-state index contributed by atoms with van der Waals surface area (Å²) in [5.74, 6) is -0.381. The molecule has 0 aliphatic carbocycles. The van der Waals surface area contributed by atoms with Crippen molar-refractivity contribution in [3.8, 4) is 11.1 Å². The molecular formula is C17H21N3O3. The summed E-state index contributed by atoms with van der Waals surface area (Å²) < 4.78 is 6.61. The van der Waals surface area contributed by atoms with Gasteiger partial charge in [0.15, 0.2) is 0 Å². The lowest BCUT2D eigenvalue weighted by atomic mass is 10.0. The van der Waals surface area contributed by atoms with Crippen molar-refractivity contribution in [2.24, 2.45) is 0 Å². The van der Waals surface area contributed by atoms with Gasteiger partial charge < -0.3 is 15.0 Å². The summed E-state index contributed by atoms with van der Waals surface area (Å²) in [5.41, 5.74) is 8.53. The molecule has 0 bridgehead atoms. The predicted octanol–water partition coefficient (Wildman–Crippen LogP) is 1.93. The Balaban J connectivity index is 2.60. The molecule has 2 N–H and O–H groups in total. The van der Waals surface area contributed by atoms with Crippen LogP contribution in [0.4, 0.5) is 5.69 Å². The highest BCUT2D eigenvalue weighted by Crippen LogP contribution is 2.26. The molecule has 2 aromatic heterocycles. The molecule has 0 aliphatic heterocycles. The van der Waals surface area contributed by atoms with E-state index < -0.39 is 0 Å². The first-order valence-electron chi connectivity index (χ1n) is 7.59. The number of aryl methyl sites for hydroxylation is 1. The van der Waals surface area contributed by atoms with Gasteiger partial charge >= 0.3 is 5.97 Å². The fourth-order valence-electron chi connectivity index (χ4n) is 2.61. The van der Waals surface area contributed by atoms with Crippen LogP contribution in [0.1, 0.15) is 25.2 Å². The molecule has 0 radical (unpaired) electrons. The average molecular weight is 315 g/mol. The number of hydrogen-bond acceptors (Lipinski definition) is 5. The molecule has 23 heavy (non-hydrogen) atoms. The van der Waals surface area contributed by atoms with Gasteiger partial charge in [-0.05, 0) is 32.9 Å². The van der Waals surface area contributed by atoms with Crippen molar-refractivity contribution in [3.05, 3.63) is 46.1 Å². The van der Waals surface area contributed by atoms with Crippen LogP contribution in [0.15, 0.2) is 29.2 Å². The molecule has 6 nitrogen and oxygen atoms in total. The van der Waals surface area contributed by atoms with Gasteiger partial charge in [-0.2, -0.15) is 0 Å². The van der Waals surface area contributed by atoms with Gasteiger partial charge in [-0.25, -0.2) is 0 Å². The topological polar surface area (TPSA) is 87.2 Å². The van der Waals surface area contributed by atoms with Crippen LogP contribution in [0.3, 0.4) is 0 Å². The molecule has 6 heteroatoms. The zero-order valence-electron chi connectivity index (χ0n) is 13.6. The Kier molecular flexibility index (Phi) is 5.16. The summed E-state index contributed by atoms with van der Waals surface area (Å²) >= 11 is 0. The van der Waals surface area contributed by atoms with Gasteiger partial charge in [0, 0.05) is 29.7 Å². The van der Waals surface area contributed by atoms with Crippen molar-refractivity contribution in [2.45, 2.75) is 33.7 Å². The van der Waals surface area contributed by atoms with Gasteiger partial charge in [-0.3, -0.25) is 14.6 Å². The van der Waals surface area contributed by atoms with Crippen molar-refractivity contribution < 1.29 is 9.53 Å². The number of nitrogens with two attached hydrogens (primary N) is 1. The second-order valence-corrected chi connectivity index (χ2v) is 5.14. The van der Waals surface area contributed by atoms with Gasteiger partial charge in [0.1, 0.15) is 0 Å². The maximum absolute atomic E-state index is 12.7. The third-order valence-corrected chi connectivity index (χ3v) is 3.63. The van der Waals surface area contributed by atoms with Crippen LogP contribution in [0, 0.1) is 6.92 Å². The molecule has 2 heterocycles.